The fraction of sp³-hybridized carbons (Fsp3) is 0.294. The lowest BCUT2D eigenvalue weighted by molar-refractivity contribution is -0.0385. The standard InChI is InChI=1S/C17H17F3OS/c1-10-5-11(2)7-14(6-10)15-8-12(3)16(13(4)9-15)22(21)17(18,19)20/h5-9H,1-4H3. The van der Waals surface area contributed by atoms with Crippen LogP contribution in [0.15, 0.2) is 35.2 Å². The minimum absolute atomic E-state index is 0.138. The molecule has 1 nitrogen and oxygen atoms in total. The van der Waals surface area contributed by atoms with Crippen LogP contribution in [0.5, 0.6) is 0 Å². The van der Waals surface area contributed by atoms with Crippen molar-refractivity contribution in [1.29, 1.82) is 0 Å². The third-order valence-corrected chi connectivity index (χ3v) is 4.85. The lowest BCUT2D eigenvalue weighted by Gasteiger charge is -2.14. The molecule has 118 valence electrons. The average Bonchev–Trinajstić information content (AvgIpc) is 2.35. The van der Waals surface area contributed by atoms with E-state index < -0.39 is 16.3 Å². The molecule has 0 amide bonds. The SMILES string of the molecule is Cc1cc(C)cc(-c2cc(C)c(S(=O)C(F)(F)F)c(C)c2)c1. The van der Waals surface area contributed by atoms with Gasteiger partial charge in [0.05, 0.1) is 4.90 Å². The van der Waals surface area contributed by atoms with Crippen LogP contribution in [0.2, 0.25) is 0 Å². The van der Waals surface area contributed by atoms with Crippen LogP contribution < -0.4 is 0 Å². The summed E-state index contributed by atoms with van der Waals surface area (Å²) < 4.78 is 49.8. The normalized spacial score (nSPS) is 13.2. The Hall–Kier alpha value is -1.62. The van der Waals surface area contributed by atoms with Crippen LogP contribution in [0.3, 0.4) is 0 Å². The average molecular weight is 326 g/mol. The first-order valence-electron chi connectivity index (χ1n) is 6.78. The predicted octanol–water partition coefficient (Wildman–Crippen LogP) is 5.21. The summed E-state index contributed by atoms with van der Waals surface area (Å²) in [7, 11) is -3.00. The summed E-state index contributed by atoms with van der Waals surface area (Å²) in [6.45, 7) is 7.09. The Morgan fingerprint density at radius 3 is 1.59 bits per heavy atom. The molecule has 0 bridgehead atoms. The minimum atomic E-state index is -4.74. The zero-order valence-corrected chi connectivity index (χ0v) is 13.7. The van der Waals surface area contributed by atoms with Gasteiger partial charge in [0.15, 0.2) is 10.8 Å². The zero-order chi connectivity index (χ0) is 16.7. The van der Waals surface area contributed by atoms with E-state index in [1.807, 2.05) is 32.0 Å². The Balaban J connectivity index is 2.57. The van der Waals surface area contributed by atoms with Crippen molar-refractivity contribution < 1.29 is 17.4 Å². The molecule has 22 heavy (non-hydrogen) atoms. The molecule has 0 saturated heterocycles. The van der Waals surface area contributed by atoms with Gasteiger partial charge < -0.3 is 0 Å². The van der Waals surface area contributed by atoms with E-state index in [2.05, 4.69) is 0 Å². The molecule has 0 aliphatic rings. The molecule has 0 aliphatic heterocycles. The number of hydrogen-bond donors (Lipinski definition) is 0. The highest BCUT2D eigenvalue weighted by molar-refractivity contribution is 7.86. The Morgan fingerprint density at radius 2 is 1.18 bits per heavy atom. The van der Waals surface area contributed by atoms with Crippen LogP contribution >= 0.6 is 0 Å². The van der Waals surface area contributed by atoms with Crippen LogP contribution in [0.4, 0.5) is 13.2 Å². The number of benzene rings is 2. The van der Waals surface area contributed by atoms with Crippen LogP contribution in [0.1, 0.15) is 22.3 Å². The van der Waals surface area contributed by atoms with Gasteiger partial charge in [-0.1, -0.05) is 41.5 Å². The molecule has 0 spiro atoms. The van der Waals surface area contributed by atoms with Crippen molar-refractivity contribution in [3.63, 3.8) is 0 Å². The van der Waals surface area contributed by atoms with E-state index >= 15 is 0 Å². The van der Waals surface area contributed by atoms with Crippen molar-refractivity contribution >= 4 is 10.8 Å². The molecule has 0 fully saturated rings. The van der Waals surface area contributed by atoms with E-state index in [0.29, 0.717) is 11.1 Å². The molecular weight excluding hydrogens is 309 g/mol. The highest BCUT2D eigenvalue weighted by Gasteiger charge is 2.39. The van der Waals surface area contributed by atoms with Gasteiger partial charge in [0.25, 0.3) is 0 Å². The number of halogens is 3. The maximum absolute atomic E-state index is 12.7. The van der Waals surface area contributed by atoms with E-state index in [1.165, 1.54) is 0 Å². The van der Waals surface area contributed by atoms with E-state index in [4.69, 9.17) is 0 Å². The van der Waals surface area contributed by atoms with Gasteiger partial charge in [0.2, 0.25) is 0 Å². The van der Waals surface area contributed by atoms with Gasteiger partial charge in [-0.2, -0.15) is 13.2 Å². The lowest BCUT2D eigenvalue weighted by Crippen LogP contribution is -2.18. The van der Waals surface area contributed by atoms with Crippen LogP contribution in [-0.2, 0) is 10.8 Å². The van der Waals surface area contributed by atoms with Gasteiger partial charge in [-0.3, -0.25) is 0 Å². The van der Waals surface area contributed by atoms with Crippen molar-refractivity contribution in [3.8, 4) is 11.1 Å². The molecule has 2 rings (SSSR count). The van der Waals surface area contributed by atoms with Gasteiger partial charge in [-0.05, 0) is 49.9 Å². The summed E-state index contributed by atoms with van der Waals surface area (Å²) in [5.41, 5.74) is 0.0191. The van der Waals surface area contributed by atoms with E-state index in [9.17, 15) is 17.4 Å². The topological polar surface area (TPSA) is 17.1 Å². The number of hydrogen-bond acceptors (Lipinski definition) is 1. The number of rotatable bonds is 2. The molecule has 0 aromatic heterocycles. The molecule has 0 heterocycles. The largest absolute Gasteiger partial charge is 0.475 e. The fourth-order valence-electron chi connectivity index (χ4n) is 2.67. The first kappa shape index (κ1) is 16.7. The summed E-state index contributed by atoms with van der Waals surface area (Å²) in [6, 6.07) is 9.35. The Kier molecular flexibility index (Phi) is 4.47. The summed E-state index contributed by atoms with van der Waals surface area (Å²) in [5.74, 6) is 0. The number of alkyl halides is 3. The number of aryl methyl sites for hydroxylation is 4. The predicted molar refractivity (Wildman–Crippen MR) is 83.3 cm³/mol. The van der Waals surface area contributed by atoms with Crippen LogP contribution in [-0.4, -0.2) is 9.72 Å². The van der Waals surface area contributed by atoms with E-state index in [-0.39, 0.29) is 4.90 Å². The summed E-state index contributed by atoms with van der Waals surface area (Å²) >= 11 is 0. The van der Waals surface area contributed by atoms with Gasteiger partial charge in [-0.25, -0.2) is 4.21 Å². The lowest BCUT2D eigenvalue weighted by atomic mass is 9.97. The maximum atomic E-state index is 12.7. The van der Waals surface area contributed by atoms with Crippen molar-refractivity contribution in [2.75, 3.05) is 0 Å². The fourth-order valence-corrected chi connectivity index (χ4v) is 3.60. The van der Waals surface area contributed by atoms with E-state index in [0.717, 1.165) is 22.3 Å². The second kappa shape index (κ2) is 5.88. The first-order chi connectivity index (χ1) is 10.1. The molecule has 0 aliphatic carbocycles. The van der Waals surface area contributed by atoms with Crippen molar-refractivity contribution in [3.05, 3.63) is 52.6 Å². The zero-order valence-electron chi connectivity index (χ0n) is 12.8. The van der Waals surface area contributed by atoms with Gasteiger partial charge in [0, 0.05) is 0 Å². The molecule has 1 atom stereocenters. The smallest absolute Gasteiger partial charge is 0.245 e. The molecule has 2 aromatic carbocycles. The van der Waals surface area contributed by atoms with Gasteiger partial charge in [0.1, 0.15) is 0 Å². The molecule has 0 N–H and O–H groups in total. The molecular formula is C17H17F3OS. The highest BCUT2D eigenvalue weighted by atomic mass is 32.2. The summed E-state index contributed by atoms with van der Waals surface area (Å²) in [6.07, 6.45) is 0. The first-order valence-corrected chi connectivity index (χ1v) is 7.93. The summed E-state index contributed by atoms with van der Waals surface area (Å²) in [5, 5.41) is 0. The van der Waals surface area contributed by atoms with Gasteiger partial charge >= 0.3 is 5.51 Å². The van der Waals surface area contributed by atoms with E-state index in [1.54, 1.807) is 26.0 Å². The highest BCUT2D eigenvalue weighted by Crippen LogP contribution is 2.33. The Bertz CT molecular complexity index is 705. The third-order valence-electron chi connectivity index (χ3n) is 3.41. The minimum Gasteiger partial charge on any atom is -0.245 e. The van der Waals surface area contributed by atoms with Crippen molar-refractivity contribution in [2.45, 2.75) is 38.1 Å². The molecule has 0 radical (unpaired) electrons. The van der Waals surface area contributed by atoms with Crippen LogP contribution in [0.25, 0.3) is 11.1 Å². The Labute approximate surface area is 130 Å². The second-order valence-corrected chi connectivity index (χ2v) is 6.94. The molecule has 1 unspecified atom stereocenters. The summed E-state index contributed by atoms with van der Waals surface area (Å²) in [4.78, 5) is -0.138. The monoisotopic (exact) mass is 326 g/mol. The van der Waals surface area contributed by atoms with Crippen molar-refractivity contribution in [1.82, 2.24) is 0 Å². The maximum Gasteiger partial charge on any atom is 0.475 e. The van der Waals surface area contributed by atoms with Crippen molar-refractivity contribution in [2.24, 2.45) is 0 Å². The molecule has 5 heteroatoms. The second-order valence-electron chi connectivity index (χ2n) is 5.53. The third kappa shape index (κ3) is 3.40. The quantitative estimate of drug-likeness (QED) is 0.740. The van der Waals surface area contributed by atoms with Gasteiger partial charge in [-0.15, -0.1) is 0 Å². The Morgan fingerprint density at radius 1 is 0.773 bits per heavy atom. The molecule has 2 aromatic rings. The molecule has 0 saturated carbocycles. The van der Waals surface area contributed by atoms with Crippen LogP contribution in [0, 0.1) is 27.7 Å².